The predicted octanol–water partition coefficient (Wildman–Crippen LogP) is 2.88. The van der Waals surface area contributed by atoms with Crippen LogP contribution in [0.3, 0.4) is 0 Å². The Morgan fingerprint density at radius 1 is 0.944 bits per heavy atom. The summed E-state index contributed by atoms with van der Waals surface area (Å²) in [4.78, 5) is 23.2. The van der Waals surface area contributed by atoms with Gasteiger partial charge in [-0.25, -0.2) is 0 Å². The van der Waals surface area contributed by atoms with Crippen molar-refractivity contribution in [2.45, 2.75) is 71.5 Å². The Morgan fingerprint density at radius 2 is 1.44 bits per heavy atom. The van der Waals surface area contributed by atoms with E-state index in [1.54, 1.807) is 13.8 Å². The Labute approximate surface area is 110 Å². The molecule has 0 heterocycles. The number of carbonyl (C=O) groups excluding carboxylic acids is 2. The van der Waals surface area contributed by atoms with Crippen molar-refractivity contribution < 1.29 is 19.1 Å². The molecule has 0 aliphatic heterocycles. The molecule has 0 saturated heterocycles. The van der Waals surface area contributed by atoms with Crippen molar-refractivity contribution in [1.29, 1.82) is 0 Å². The molecule has 0 radical (unpaired) electrons. The largest absolute Gasteiger partial charge is 0.460 e. The second-order valence-electron chi connectivity index (χ2n) is 5.93. The highest BCUT2D eigenvalue weighted by Gasteiger charge is 2.25. The summed E-state index contributed by atoms with van der Waals surface area (Å²) in [5, 5.41) is 0. The number of esters is 1. The van der Waals surface area contributed by atoms with E-state index in [-0.39, 0.29) is 11.8 Å². The monoisotopic (exact) mass is 258 g/mol. The molecular weight excluding hydrogens is 232 g/mol. The van der Waals surface area contributed by atoms with Crippen molar-refractivity contribution in [3.8, 4) is 0 Å². The topological polar surface area (TPSA) is 52.6 Å². The van der Waals surface area contributed by atoms with Gasteiger partial charge in [-0.2, -0.15) is 0 Å². The molecule has 0 atom stereocenters. The highest BCUT2D eigenvalue weighted by Crippen LogP contribution is 2.15. The zero-order chi connectivity index (χ0) is 14.4. The Hall–Kier alpha value is -0.900. The molecule has 0 bridgehead atoms. The molecule has 0 N–H and O–H groups in total. The molecule has 0 aromatic heterocycles. The summed E-state index contributed by atoms with van der Waals surface area (Å²) in [6.45, 7) is 9.03. The molecule has 0 unspecified atom stereocenters. The summed E-state index contributed by atoms with van der Waals surface area (Å²) in [5.74, 6) is -0.143. The van der Waals surface area contributed by atoms with E-state index >= 15 is 0 Å². The molecule has 106 valence electrons. The summed E-state index contributed by atoms with van der Waals surface area (Å²) in [5.41, 5.74) is -1.17. The molecule has 0 rings (SSSR count). The molecule has 0 saturated carbocycles. The minimum atomic E-state index is -0.730. The molecule has 0 aromatic rings. The van der Waals surface area contributed by atoms with Crippen LogP contribution in [-0.2, 0) is 19.1 Å². The fourth-order valence-corrected chi connectivity index (χ4v) is 1.36. The Kier molecular flexibility index (Phi) is 6.54. The Balaban J connectivity index is 3.82. The van der Waals surface area contributed by atoms with Crippen molar-refractivity contribution in [2.75, 3.05) is 7.11 Å². The van der Waals surface area contributed by atoms with Gasteiger partial charge >= 0.3 is 5.97 Å². The number of Topliss-reactive ketones (excluding diaryl/α,β-unsaturated/α-hetero) is 1. The third-order valence-corrected chi connectivity index (χ3v) is 2.64. The van der Waals surface area contributed by atoms with Gasteiger partial charge in [0.05, 0.1) is 0 Å². The molecule has 4 heteroatoms. The van der Waals surface area contributed by atoms with E-state index in [0.29, 0.717) is 25.7 Å². The fourth-order valence-electron chi connectivity index (χ4n) is 1.36. The van der Waals surface area contributed by atoms with E-state index in [1.807, 2.05) is 20.8 Å². The summed E-state index contributed by atoms with van der Waals surface area (Å²) in [6.07, 6.45) is 2.15. The molecule has 0 spiro atoms. The number of ketones is 1. The standard InChI is InChI=1S/C14H26O4/c1-13(2,3)18-12(16)10-8-7-9-11(15)14(4,5)17-6/h7-10H2,1-6H3. The van der Waals surface area contributed by atoms with Crippen LogP contribution in [0, 0.1) is 0 Å². The molecule has 0 aliphatic rings. The number of unbranched alkanes of at least 4 members (excludes halogenated alkanes) is 1. The van der Waals surface area contributed by atoms with Gasteiger partial charge in [-0.05, 0) is 47.5 Å². The number of ether oxygens (including phenoxy) is 2. The first-order chi connectivity index (χ1) is 8.08. The van der Waals surface area contributed by atoms with E-state index in [1.165, 1.54) is 7.11 Å². The van der Waals surface area contributed by atoms with Crippen molar-refractivity contribution in [3.63, 3.8) is 0 Å². The average Bonchev–Trinajstić information content (AvgIpc) is 2.21. The highest BCUT2D eigenvalue weighted by molar-refractivity contribution is 5.86. The number of rotatable bonds is 7. The van der Waals surface area contributed by atoms with Crippen LogP contribution < -0.4 is 0 Å². The summed E-state index contributed by atoms with van der Waals surface area (Å²) in [6, 6.07) is 0. The third-order valence-electron chi connectivity index (χ3n) is 2.64. The SMILES string of the molecule is COC(C)(C)C(=O)CCCCC(=O)OC(C)(C)C. The lowest BCUT2D eigenvalue weighted by Gasteiger charge is -2.21. The van der Waals surface area contributed by atoms with Crippen LogP contribution in [0.4, 0.5) is 0 Å². The van der Waals surface area contributed by atoms with Gasteiger partial charge in [-0.3, -0.25) is 9.59 Å². The molecular formula is C14H26O4. The minimum Gasteiger partial charge on any atom is -0.460 e. The van der Waals surface area contributed by atoms with Gasteiger partial charge in [-0.1, -0.05) is 0 Å². The highest BCUT2D eigenvalue weighted by atomic mass is 16.6. The number of hydrogen-bond donors (Lipinski definition) is 0. The van der Waals surface area contributed by atoms with Gasteiger partial charge in [0.2, 0.25) is 0 Å². The van der Waals surface area contributed by atoms with Crippen LogP contribution in [0.1, 0.15) is 60.3 Å². The lowest BCUT2D eigenvalue weighted by Crippen LogP contribution is -2.33. The van der Waals surface area contributed by atoms with Gasteiger partial charge in [0, 0.05) is 20.0 Å². The van der Waals surface area contributed by atoms with E-state index in [0.717, 1.165) is 0 Å². The van der Waals surface area contributed by atoms with Gasteiger partial charge in [0.1, 0.15) is 11.2 Å². The van der Waals surface area contributed by atoms with Crippen molar-refractivity contribution in [3.05, 3.63) is 0 Å². The quantitative estimate of drug-likeness (QED) is 0.520. The first-order valence-corrected chi connectivity index (χ1v) is 6.39. The average molecular weight is 258 g/mol. The normalized spacial score (nSPS) is 12.3. The molecule has 0 aliphatic carbocycles. The van der Waals surface area contributed by atoms with Crippen LogP contribution in [-0.4, -0.2) is 30.1 Å². The second kappa shape index (κ2) is 6.88. The molecule has 0 aromatic carbocycles. The lowest BCUT2D eigenvalue weighted by molar-refractivity contribution is -0.155. The maximum atomic E-state index is 11.7. The van der Waals surface area contributed by atoms with E-state index in [2.05, 4.69) is 0 Å². The van der Waals surface area contributed by atoms with E-state index in [9.17, 15) is 9.59 Å². The Morgan fingerprint density at radius 3 is 1.89 bits per heavy atom. The van der Waals surface area contributed by atoms with Crippen molar-refractivity contribution in [2.24, 2.45) is 0 Å². The third kappa shape index (κ3) is 7.43. The first kappa shape index (κ1) is 17.1. The second-order valence-corrected chi connectivity index (χ2v) is 5.93. The van der Waals surface area contributed by atoms with Crippen LogP contribution >= 0.6 is 0 Å². The summed E-state index contributed by atoms with van der Waals surface area (Å²) in [7, 11) is 1.53. The van der Waals surface area contributed by atoms with Crippen LogP contribution in [0.5, 0.6) is 0 Å². The smallest absolute Gasteiger partial charge is 0.306 e. The number of carbonyl (C=O) groups is 2. The first-order valence-electron chi connectivity index (χ1n) is 6.39. The zero-order valence-electron chi connectivity index (χ0n) is 12.5. The minimum absolute atomic E-state index is 0.0641. The number of hydrogen-bond acceptors (Lipinski definition) is 4. The number of methoxy groups -OCH3 is 1. The van der Waals surface area contributed by atoms with Crippen molar-refractivity contribution in [1.82, 2.24) is 0 Å². The van der Waals surface area contributed by atoms with Crippen LogP contribution in [0.15, 0.2) is 0 Å². The van der Waals surface area contributed by atoms with Crippen LogP contribution in [0.25, 0.3) is 0 Å². The summed E-state index contributed by atoms with van der Waals surface area (Å²) >= 11 is 0. The Bertz CT molecular complexity index is 287. The molecule has 0 fully saturated rings. The van der Waals surface area contributed by atoms with Gasteiger partial charge in [0.25, 0.3) is 0 Å². The van der Waals surface area contributed by atoms with E-state index in [4.69, 9.17) is 9.47 Å². The van der Waals surface area contributed by atoms with E-state index < -0.39 is 11.2 Å². The van der Waals surface area contributed by atoms with Gasteiger partial charge < -0.3 is 9.47 Å². The molecule has 18 heavy (non-hydrogen) atoms. The van der Waals surface area contributed by atoms with Gasteiger partial charge in [-0.15, -0.1) is 0 Å². The zero-order valence-corrected chi connectivity index (χ0v) is 12.5. The summed E-state index contributed by atoms with van der Waals surface area (Å²) < 4.78 is 10.3. The molecule has 4 nitrogen and oxygen atoms in total. The maximum Gasteiger partial charge on any atom is 0.306 e. The lowest BCUT2D eigenvalue weighted by atomic mass is 9.98. The molecule has 0 amide bonds. The predicted molar refractivity (Wildman–Crippen MR) is 70.4 cm³/mol. The van der Waals surface area contributed by atoms with Crippen molar-refractivity contribution >= 4 is 11.8 Å². The maximum absolute atomic E-state index is 11.7. The van der Waals surface area contributed by atoms with Crippen LogP contribution in [0.2, 0.25) is 0 Å². The fraction of sp³-hybridized carbons (Fsp3) is 0.857. The van der Waals surface area contributed by atoms with Gasteiger partial charge in [0.15, 0.2) is 5.78 Å².